The molecule has 1 aliphatic rings. The maximum atomic E-state index is 12.3. The first-order valence-corrected chi connectivity index (χ1v) is 10.8. The van der Waals surface area contributed by atoms with E-state index in [1.54, 1.807) is 24.3 Å². The van der Waals surface area contributed by atoms with E-state index in [2.05, 4.69) is 21.9 Å². The van der Waals surface area contributed by atoms with E-state index in [-0.39, 0.29) is 4.90 Å². The molecule has 0 bridgehead atoms. The molecule has 0 spiro atoms. The molecular weight excluding hydrogens is 338 g/mol. The zero-order valence-electron chi connectivity index (χ0n) is 15.2. The van der Waals surface area contributed by atoms with Gasteiger partial charge in [-0.25, -0.2) is 13.1 Å². The van der Waals surface area contributed by atoms with E-state index < -0.39 is 10.0 Å². The molecule has 7 heteroatoms. The molecule has 1 aromatic carbocycles. The van der Waals surface area contributed by atoms with Gasteiger partial charge in [-0.3, -0.25) is 0 Å². The highest BCUT2D eigenvalue weighted by Gasteiger charge is 2.14. The van der Waals surface area contributed by atoms with Crippen LogP contribution in [0.4, 0.5) is 0 Å². The number of benzene rings is 1. The summed E-state index contributed by atoms with van der Waals surface area (Å²) in [6, 6.07) is 6.66. The molecule has 0 saturated carbocycles. The van der Waals surface area contributed by atoms with Crippen LogP contribution in [-0.2, 0) is 10.0 Å². The number of sulfonamides is 1. The minimum Gasteiger partial charge on any atom is -0.494 e. The lowest BCUT2D eigenvalue weighted by Crippen LogP contribution is -2.44. The van der Waals surface area contributed by atoms with Crippen LogP contribution >= 0.6 is 0 Å². The van der Waals surface area contributed by atoms with Gasteiger partial charge in [0, 0.05) is 32.7 Å². The van der Waals surface area contributed by atoms with Crippen LogP contribution < -0.4 is 14.8 Å². The molecule has 2 rings (SSSR count). The highest BCUT2D eigenvalue weighted by Crippen LogP contribution is 2.16. The Balaban J connectivity index is 1.72. The minimum absolute atomic E-state index is 0.288. The largest absolute Gasteiger partial charge is 0.494 e. The lowest BCUT2D eigenvalue weighted by Gasteiger charge is -2.27. The molecule has 142 valence electrons. The molecule has 6 nitrogen and oxygen atoms in total. The molecule has 0 radical (unpaired) electrons. The number of unbranched alkanes of at least 4 members (excludes halogenated alkanes) is 2. The smallest absolute Gasteiger partial charge is 0.240 e. The van der Waals surface area contributed by atoms with Crippen LogP contribution in [0.3, 0.4) is 0 Å². The Morgan fingerprint density at radius 1 is 1.12 bits per heavy atom. The predicted octanol–water partition coefficient (Wildman–Crippen LogP) is 1.83. The maximum absolute atomic E-state index is 12.3. The summed E-state index contributed by atoms with van der Waals surface area (Å²) in [4.78, 5) is 2.64. The monoisotopic (exact) mass is 369 g/mol. The molecule has 1 aromatic rings. The third-order valence-corrected chi connectivity index (χ3v) is 5.78. The summed E-state index contributed by atoms with van der Waals surface area (Å²) in [5.41, 5.74) is 0. The molecule has 0 aliphatic carbocycles. The van der Waals surface area contributed by atoms with Crippen molar-refractivity contribution in [2.24, 2.45) is 0 Å². The molecule has 0 aromatic heterocycles. The van der Waals surface area contributed by atoms with Crippen LogP contribution in [0.2, 0.25) is 0 Å². The molecule has 1 saturated heterocycles. The summed E-state index contributed by atoms with van der Waals surface area (Å²) in [6.07, 6.45) is 4.13. The third-order valence-electron chi connectivity index (χ3n) is 4.30. The lowest BCUT2D eigenvalue weighted by atomic mass is 10.3. The van der Waals surface area contributed by atoms with E-state index >= 15 is 0 Å². The predicted molar refractivity (Wildman–Crippen MR) is 101 cm³/mol. The van der Waals surface area contributed by atoms with Crippen molar-refractivity contribution in [3.05, 3.63) is 24.3 Å². The fourth-order valence-corrected chi connectivity index (χ4v) is 3.86. The van der Waals surface area contributed by atoms with Crippen LogP contribution in [-0.4, -0.2) is 59.2 Å². The van der Waals surface area contributed by atoms with Crippen LogP contribution in [0.1, 0.15) is 32.6 Å². The van der Waals surface area contributed by atoms with Gasteiger partial charge >= 0.3 is 0 Å². The molecule has 1 heterocycles. The summed E-state index contributed by atoms with van der Waals surface area (Å²) in [5.74, 6) is 0.716. The van der Waals surface area contributed by atoms with Gasteiger partial charge in [0.2, 0.25) is 10.0 Å². The number of rotatable bonds is 11. The molecular formula is C18H31N3O3S. The topological polar surface area (TPSA) is 70.7 Å². The van der Waals surface area contributed by atoms with Crippen molar-refractivity contribution >= 4 is 10.0 Å². The van der Waals surface area contributed by atoms with Crippen LogP contribution in [0.15, 0.2) is 29.2 Å². The second kappa shape index (κ2) is 10.8. The second-order valence-electron chi connectivity index (χ2n) is 6.37. The van der Waals surface area contributed by atoms with Crippen molar-refractivity contribution in [3.8, 4) is 5.75 Å². The molecule has 0 unspecified atom stereocenters. The van der Waals surface area contributed by atoms with Crippen LogP contribution in [0.5, 0.6) is 5.75 Å². The Morgan fingerprint density at radius 2 is 1.84 bits per heavy atom. The van der Waals surface area contributed by atoms with Gasteiger partial charge in [0.25, 0.3) is 0 Å². The van der Waals surface area contributed by atoms with Gasteiger partial charge in [0.05, 0.1) is 11.5 Å². The van der Waals surface area contributed by atoms with E-state index in [0.29, 0.717) is 18.9 Å². The summed E-state index contributed by atoms with van der Waals surface area (Å²) >= 11 is 0. The van der Waals surface area contributed by atoms with E-state index in [1.807, 2.05) is 0 Å². The Labute approximate surface area is 152 Å². The summed E-state index contributed by atoms with van der Waals surface area (Å²) in [5, 5.41) is 3.31. The van der Waals surface area contributed by atoms with Crippen molar-refractivity contribution in [1.82, 2.24) is 14.9 Å². The fraction of sp³-hybridized carbons (Fsp3) is 0.667. The Bertz CT molecular complexity index is 584. The maximum Gasteiger partial charge on any atom is 0.240 e. The van der Waals surface area contributed by atoms with Crippen molar-refractivity contribution in [3.63, 3.8) is 0 Å². The number of hydrogen-bond donors (Lipinski definition) is 2. The summed E-state index contributed by atoms with van der Waals surface area (Å²) < 4.78 is 32.9. The number of nitrogens with one attached hydrogen (secondary N) is 2. The first kappa shape index (κ1) is 20.2. The number of hydrogen-bond acceptors (Lipinski definition) is 5. The van der Waals surface area contributed by atoms with Gasteiger partial charge in [-0.05, 0) is 43.7 Å². The third kappa shape index (κ3) is 7.32. The number of piperazine rings is 1. The first-order valence-electron chi connectivity index (χ1n) is 9.27. The van der Waals surface area contributed by atoms with Crippen molar-refractivity contribution in [2.75, 3.05) is 45.9 Å². The van der Waals surface area contributed by atoms with Gasteiger partial charge in [-0.1, -0.05) is 19.8 Å². The first-order chi connectivity index (χ1) is 12.1. The molecule has 2 N–H and O–H groups in total. The standard InChI is InChI=1S/C18H31N3O3S/c1-2-3-4-16-24-17-6-8-18(9-7-17)25(22,23)20-10-5-13-21-14-11-19-12-15-21/h6-9,19-20H,2-5,10-16H2,1H3. The Hall–Kier alpha value is -1.15. The van der Waals surface area contributed by atoms with Crippen molar-refractivity contribution < 1.29 is 13.2 Å². The zero-order chi connectivity index (χ0) is 18.0. The zero-order valence-corrected chi connectivity index (χ0v) is 16.0. The Morgan fingerprint density at radius 3 is 2.52 bits per heavy atom. The summed E-state index contributed by atoms with van der Waals surface area (Å²) in [7, 11) is -3.45. The number of ether oxygens (including phenoxy) is 1. The average Bonchev–Trinajstić information content (AvgIpc) is 2.64. The molecule has 25 heavy (non-hydrogen) atoms. The normalized spacial score (nSPS) is 16.0. The second-order valence-corrected chi connectivity index (χ2v) is 8.14. The Kier molecular flexibility index (Phi) is 8.67. The van der Waals surface area contributed by atoms with Gasteiger partial charge < -0.3 is 15.0 Å². The highest BCUT2D eigenvalue weighted by molar-refractivity contribution is 7.89. The van der Waals surface area contributed by atoms with Crippen LogP contribution in [0.25, 0.3) is 0 Å². The van der Waals surface area contributed by atoms with Gasteiger partial charge in [0.1, 0.15) is 5.75 Å². The van der Waals surface area contributed by atoms with E-state index in [1.165, 1.54) is 0 Å². The van der Waals surface area contributed by atoms with E-state index in [0.717, 1.165) is 58.4 Å². The van der Waals surface area contributed by atoms with Crippen LogP contribution in [0, 0.1) is 0 Å². The van der Waals surface area contributed by atoms with Crippen molar-refractivity contribution in [2.45, 2.75) is 37.5 Å². The van der Waals surface area contributed by atoms with Crippen molar-refractivity contribution in [1.29, 1.82) is 0 Å². The fourth-order valence-electron chi connectivity index (χ4n) is 2.78. The number of nitrogens with zero attached hydrogens (tertiary/aromatic N) is 1. The quantitative estimate of drug-likeness (QED) is 0.583. The van der Waals surface area contributed by atoms with Gasteiger partial charge in [0.15, 0.2) is 0 Å². The van der Waals surface area contributed by atoms with Gasteiger partial charge in [-0.2, -0.15) is 0 Å². The molecule has 1 fully saturated rings. The highest BCUT2D eigenvalue weighted by atomic mass is 32.2. The van der Waals surface area contributed by atoms with E-state index in [9.17, 15) is 8.42 Å². The minimum atomic E-state index is -3.45. The lowest BCUT2D eigenvalue weighted by molar-refractivity contribution is 0.239. The SMILES string of the molecule is CCCCCOc1ccc(S(=O)(=O)NCCCN2CCNCC2)cc1. The molecule has 0 atom stereocenters. The van der Waals surface area contributed by atoms with Gasteiger partial charge in [-0.15, -0.1) is 0 Å². The molecule has 1 aliphatic heterocycles. The summed E-state index contributed by atoms with van der Waals surface area (Å²) in [6.45, 7) is 8.30. The molecule has 0 amide bonds. The van der Waals surface area contributed by atoms with E-state index in [4.69, 9.17) is 4.74 Å². The average molecular weight is 370 g/mol.